The topological polar surface area (TPSA) is 171 Å². The summed E-state index contributed by atoms with van der Waals surface area (Å²) < 4.78 is 5.50. The largest absolute Gasteiger partial charge is 0.494 e. The van der Waals surface area contributed by atoms with E-state index in [1.807, 2.05) is 31.2 Å². The van der Waals surface area contributed by atoms with Gasteiger partial charge in [-0.05, 0) is 31.0 Å². The second kappa shape index (κ2) is 16.6. The summed E-state index contributed by atoms with van der Waals surface area (Å²) in [5.74, 6) is -3.51. The molecule has 1 saturated heterocycles. The maximum absolute atomic E-state index is 12.0. The van der Waals surface area contributed by atoms with E-state index in [9.17, 15) is 34.5 Å². The minimum absolute atomic E-state index is 0.113. The highest BCUT2D eigenvalue weighted by atomic mass is 16.5. The summed E-state index contributed by atoms with van der Waals surface area (Å²) in [6.07, 6.45) is -0.440. The van der Waals surface area contributed by atoms with Crippen LogP contribution in [0.5, 0.6) is 5.75 Å². The molecule has 1 atom stereocenters. The van der Waals surface area contributed by atoms with E-state index in [2.05, 4.69) is 4.90 Å². The molecule has 13 heteroatoms. The van der Waals surface area contributed by atoms with Gasteiger partial charge in [0.2, 0.25) is 0 Å². The summed E-state index contributed by atoms with van der Waals surface area (Å²) in [6, 6.07) is 6.62. The first-order valence-electron chi connectivity index (χ1n) is 13.1. The van der Waals surface area contributed by atoms with Gasteiger partial charge < -0.3 is 25.2 Å². The van der Waals surface area contributed by atoms with Crippen LogP contribution in [0.2, 0.25) is 0 Å². The molecule has 1 aromatic rings. The Hall–Kier alpha value is -3.26. The molecule has 1 heterocycles. The molecule has 0 aromatic heterocycles. The lowest BCUT2D eigenvalue weighted by molar-refractivity contribution is -0.146. The smallest absolute Gasteiger partial charge is 0.320 e. The molecule has 1 fully saturated rings. The van der Waals surface area contributed by atoms with Gasteiger partial charge in [-0.3, -0.25) is 38.8 Å². The fourth-order valence-corrected chi connectivity index (χ4v) is 4.56. The van der Waals surface area contributed by atoms with Crippen molar-refractivity contribution in [2.75, 3.05) is 72.1 Å². The van der Waals surface area contributed by atoms with Crippen LogP contribution < -0.4 is 4.74 Å². The monoisotopic (exact) mass is 552 g/mol. The molecular weight excluding hydrogens is 512 g/mol. The SMILES string of the molecule is CCOc1ccc(CN2CCN(CC(=O)O)CCN([C@@H](CCC(=O)O)C(=O)O)CCN(CC(=O)O)CC2)cc1. The zero-order valence-corrected chi connectivity index (χ0v) is 22.4. The first-order valence-corrected chi connectivity index (χ1v) is 13.1. The van der Waals surface area contributed by atoms with Crippen LogP contribution in [0.1, 0.15) is 25.3 Å². The van der Waals surface area contributed by atoms with Gasteiger partial charge in [0.15, 0.2) is 0 Å². The Balaban J connectivity index is 2.24. The first-order chi connectivity index (χ1) is 18.6. The summed E-state index contributed by atoms with van der Waals surface area (Å²) in [5, 5.41) is 37.8. The lowest BCUT2D eigenvalue weighted by Crippen LogP contribution is -2.51. The summed E-state index contributed by atoms with van der Waals surface area (Å²) in [4.78, 5) is 53.5. The Morgan fingerprint density at radius 1 is 0.744 bits per heavy atom. The van der Waals surface area contributed by atoms with Crippen LogP contribution in [0.3, 0.4) is 0 Å². The van der Waals surface area contributed by atoms with Crippen LogP contribution in [0.15, 0.2) is 24.3 Å². The number of carboxylic acids is 4. The zero-order valence-electron chi connectivity index (χ0n) is 22.4. The van der Waals surface area contributed by atoms with Crippen LogP contribution in [0, 0.1) is 0 Å². The van der Waals surface area contributed by atoms with Crippen molar-refractivity contribution in [2.24, 2.45) is 0 Å². The van der Waals surface area contributed by atoms with Gasteiger partial charge in [-0.2, -0.15) is 0 Å². The van der Waals surface area contributed by atoms with Gasteiger partial charge in [0.05, 0.1) is 19.7 Å². The highest BCUT2D eigenvalue weighted by Crippen LogP contribution is 2.15. The molecule has 0 radical (unpaired) electrons. The Labute approximate surface area is 228 Å². The molecule has 0 aliphatic carbocycles. The average Bonchev–Trinajstić information content (AvgIpc) is 2.85. The Morgan fingerprint density at radius 2 is 1.23 bits per heavy atom. The summed E-state index contributed by atoms with van der Waals surface area (Å²) in [5.41, 5.74) is 1.04. The normalized spacial score (nSPS) is 18.0. The molecule has 39 heavy (non-hydrogen) atoms. The second-order valence-electron chi connectivity index (χ2n) is 9.52. The molecule has 218 valence electrons. The molecule has 4 N–H and O–H groups in total. The Bertz CT molecular complexity index is 912. The van der Waals surface area contributed by atoms with Crippen molar-refractivity contribution in [3.05, 3.63) is 29.8 Å². The van der Waals surface area contributed by atoms with E-state index in [1.54, 1.807) is 14.7 Å². The van der Waals surface area contributed by atoms with Gasteiger partial charge >= 0.3 is 23.9 Å². The van der Waals surface area contributed by atoms with E-state index >= 15 is 0 Å². The Kier molecular flexibility index (Phi) is 13.6. The van der Waals surface area contributed by atoms with Crippen molar-refractivity contribution in [1.29, 1.82) is 0 Å². The molecule has 0 bridgehead atoms. The molecule has 1 aliphatic rings. The van der Waals surface area contributed by atoms with Gasteiger partial charge in [-0.15, -0.1) is 0 Å². The van der Waals surface area contributed by atoms with E-state index in [0.717, 1.165) is 11.3 Å². The van der Waals surface area contributed by atoms with Crippen LogP contribution in [0.25, 0.3) is 0 Å². The number of carbonyl (C=O) groups is 4. The molecule has 2 rings (SSSR count). The number of carboxylic acid groups (broad SMARTS) is 4. The number of hydrogen-bond donors (Lipinski definition) is 4. The third-order valence-corrected chi connectivity index (χ3v) is 6.59. The number of ether oxygens (including phenoxy) is 1. The van der Waals surface area contributed by atoms with Crippen molar-refractivity contribution in [1.82, 2.24) is 19.6 Å². The third-order valence-electron chi connectivity index (χ3n) is 6.59. The van der Waals surface area contributed by atoms with Crippen LogP contribution in [-0.4, -0.2) is 142 Å². The highest BCUT2D eigenvalue weighted by molar-refractivity contribution is 5.75. The van der Waals surface area contributed by atoms with Gasteiger partial charge in [-0.25, -0.2) is 0 Å². The number of aliphatic carboxylic acids is 4. The van der Waals surface area contributed by atoms with Gasteiger partial charge in [0.1, 0.15) is 11.8 Å². The second-order valence-corrected chi connectivity index (χ2v) is 9.52. The average molecular weight is 553 g/mol. The maximum Gasteiger partial charge on any atom is 0.320 e. The van der Waals surface area contributed by atoms with Crippen LogP contribution >= 0.6 is 0 Å². The lowest BCUT2D eigenvalue weighted by atomic mass is 10.1. The molecule has 0 spiro atoms. The molecule has 0 unspecified atom stereocenters. The van der Waals surface area contributed by atoms with E-state index in [1.165, 1.54) is 0 Å². The molecule has 0 saturated carbocycles. The van der Waals surface area contributed by atoms with Crippen LogP contribution in [-0.2, 0) is 25.7 Å². The number of benzene rings is 1. The predicted octanol–water partition coefficient (Wildman–Crippen LogP) is 0.294. The number of nitrogens with zero attached hydrogens (tertiary/aromatic N) is 4. The zero-order chi connectivity index (χ0) is 28.8. The van der Waals surface area contributed by atoms with Crippen molar-refractivity contribution < 1.29 is 44.3 Å². The molecule has 0 amide bonds. The summed E-state index contributed by atoms with van der Waals surface area (Å²) in [7, 11) is 0. The van der Waals surface area contributed by atoms with Crippen molar-refractivity contribution in [3.63, 3.8) is 0 Å². The first kappa shape index (κ1) is 32.0. The third kappa shape index (κ3) is 12.4. The van der Waals surface area contributed by atoms with Gasteiger partial charge in [0, 0.05) is 65.3 Å². The number of rotatable bonds is 13. The van der Waals surface area contributed by atoms with E-state index in [0.29, 0.717) is 39.3 Å². The summed E-state index contributed by atoms with van der Waals surface area (Å²) >= 11 is 0. The van der Waals surface area contributed by atoms with E-state index in [-0.39, 0.29) is 52.1 Å². The minimum atomic E-state index is -1.17. The fourth-order valence-electron chi connectivity index (χ4n) is 4.56. The van der Waals surface area contributed by atoms with E-state index in [4.69, 9.17) is 9.84 Å². The quantitative estimate of drug-likeness (QED) is 0.263. The fraction of sp³-hybridized carbons (Fsp3) is 0.615. The highest BCUT2D eigenvalue weighted by Gasteiger charge is 2.28. The number of hydrogen-bond acceptors (Lipinski definition) is 9. The molecule has 1 aromatic carbocycles. The van der Waals surface area contributed by atoms with Crippen molar-refractivity contribution in [2.45, 2.75) is 32.4 Å². The standard InChI is InChI=1S/C26H40N4O9/c1-2-39-21-5-3-20(4-6-21)17-27-9-11-28(18-24(33)34)13-15-30(22(26(37)38)7-8-23(31)32)16-14-29(12-10-27)19-25(35)36/h3-6,22H,2,7-19H2,1H3,(H,31,32)(H,33,34)(H,35,36)(H,37,38)/t22-/m0/s1. The molecular formula is C26H40N4O9. The van der Waals surface area contributed by atoms with E-state index < -0.39 is 29.9 Å². The maximum atomic E-state index is 12.0. The predicted molar refractivity (Wildman–Crippen MR) is 141 cm³/mol. The van der Waals surface area contributed by atoms with Crippen molar-refractivity contribution in [3.8, 4) is 5.75 Å². The minimum Gasteiger partial charge on any atom is -0.494 e. The lowest BCUT2D eigenvalue weighted by Gasteiger charge is -2.35. The van der Waals surface area contributed by atoms with Crippen molar-refractivity contribution >= 4 is 23.9 Å². The van der Waals surface area contributed by atoms with Gasteiger partial charge in [-0.1, -0.05) is 12.1 Å². The van der Waals surface area contributed by atoms with Crippen LogP contribution in [0.4, 0.5) is 0 Å². The summed E-state index contributed by atoms with van der Waals surface area (Å²) in [6.45, 7) is 5.38. The molecule has 1 aliphatic heterocycles. The Morgan fingerprint density at radius 3 is 1.67 bits per heavy atom. The molecule has 13 nitrogen and oxygen atoms in total. The van der Waals surface area contributed by atoms with Gasteiger partial charge in [0.25, 0.3) is 0 Å².